The first-order valence-corrected chi connectivity index (χ1v) is 7.19. The fraction of sp³-hybridized carbons (Fsp3) is 1.00. The molecule has 94 valence electrons. The zero-order chi connectivity index (χ0) is 11.2. The van der Waals surface area contributed by atoms with E-state index in [0.717, 1.165) is 25.1 Å². The van der Waals surface area contributed by atoms with Gasteiger partial charge in [0.1, 0.15) is 0 Å². The topological polar surface area (TPSA) is 21.3 Å². The van der Waals surface area contributed by atoms with Crippen LogP contribution in [0.2, 0.25) is 0 Å². The average molecular weight is 225 g/mol. The van der Waals surface area contributed by atoms with Crippen molar-refractivity contribution in [2.75, 3.05) is 13.2 Å². The Morgan fingerprint density at radius 1 is 1.12 bits per heavy atom. The lowest BCUT2D eigenvalue weighted by Gasteiger charge is -2.23. The smallest absolute Gasteiger partial charge is 0.0559 e. The van der Waals surface area contributed by atoms with Crippen LogP contribution in [0.25, 0.3) is 0 Å². The van der Waals surface area contributed by atoms with Crippen LogP contribution in [0.5, 0.6) is 0 Å². The minimum atomic E-state index is 0.438. The zero-order valence-corrected chi connectivity index (χ0v) is 10.7. The van der Waals surface area contributed by atoms with E-state index in [4.69, 9.17) is 4.74 Å². The molecule has 1 unspecified atom stereocenters. The second-order valence-electron chi connectivity index (χ2n) is 5.67. The molecule has 0 aromatic rings. The first-order chi connectivity index (χ1) is 7.84. The number of hydrogen-bond donors (Lipinski definition) is 1. The molecule has 1 N–H and O–H groups in total. The molecule has 0 aromatic carbocycles. The molecule has 1 atom stereocenters. The molecule has 2 fully saturated rings. The summed E-state index contributed by atoms with van der Waals surface area (Å²) in [6.07, 6.45) is 11.5. The van der Waals surface area contributed by atoms with E-state index in [1.165, 1.54) is 51.4 Å². The van der Waals surface area contributed by atoms with Gasteiger partial charge in [0.2, 0.25) is 0 Å². The molecule has 2 rings (SSSR count). The van der Waals surface area contributed by atoms with E-state index < -0.39 is 0 Å². The highest BCUT2D eigenvalue weighted by molar-refractivity contribution is 4.80. The maximum Gasteiger partial charge on any atom is 0.0559 e. The summed E-state index contributed by atoms with van der Waals surface area (Å²) in [4.78, 5) is 0. The second kappa shape index (κ2) is 6.61. The highest BCUT2D eigenvalue weighted by Crippen LogP contribution is 2.24. The largest absolute Gasteiger partial charge is 0.378 e. The van der Waals surface area contributed by atoms with E-state index in [2.05, 4.69) is 12.2 Å². The predicted molar refractivity (Wildman–Crippen MR) is 67.6 cm³/mol. The summed E-state index contributed by atoms with van der Waals surface area (Å²) in [5, 5.41) is 3.55. The third kappa shape index (κ3) is 4.84. The van der Waals surface area contributed by atoms with Crippen molar-refractivity contribution in [3.8, 4) is 0 Å². The Bertz CT molecular complexity index is 185. The standard InChI is InChI=1S/C14H27NO/c1-12(9-10-15-14-7-8-14)16-11-13-5-3-2-4-6-13/h12-15H,2-11H2,1H3. The first kappa shape index (κ1) is 12.4. The summed E-state index contributed by atoms with van der Waals surface area (Å²) < 4.78 is 5.94. The second-order valence-corrected chi connectivity index (χ2v) is 5.67. The minimum Gasteiger partial charge on any atom is -0.378 e. The molecule has 2 aliphatic rings. The van der Waals surface area contributed by atoms with E-state index in [-0.39, 0.29) is 0 Å². The zero-order valence-electron chi connectivity index (χ0n) is 10.7. The SMILES string of the molecule is CC(CCNC1CC1)OCC1CCCCC1. The molecule has 16 heavy (non-hydrogen) atoms. The highest BCUT2D eigenvalue weighted by Gasteiger charge is 2.20. The van der Waals surface area contributed by atoms with Crippen LogP contribution in [0.4, 0.5) is 0 Å². The first-order valence-electron chi connectivity index (χ1n) is 7.19. The fourth-order valence-corrected chi connectivity index (χ4v) is 2.52. The molecule has 0 radical (unpaired) electrons. The molecule has 0 bridgehead atoms. The normalized spacial score (nSPS) is 24.6. The molecular formula is C14H27NO. The fourth-order valence-electron chi connectivity index (χ4n) is 2.52. The summed E-state index contributed by atoms with van der Waals surface area (Å²) in [6.45, 7) is 4.36. The van der Waals surface area contributed by atoms with E-state index in [0.29, 0.717) is 6.10 Å². The van der Waals surface area contributed by atoms with Crippen LogP contribution in [0.3, 0.4) is 0 Å². The summed E-state index contributed by atoms with van der Waals surface area (Å²) in [5.41, 5.74) is 0. The summed E-state index contributed by atoms with van der Waals surface area (Å²) in [5.74, 6) is 0.854. The van der Waals surface area contributed by atoms with Crippen LogP contribution in [-0.4, -0.2) is 25.3 Å². The monoisotopic (exact) mass is 225 g/mol. The Labute approximate surface area is 100 Å². The Hall–Kier alpha value is -0.0800. The number of hydrogen-bond acceptors (Lipinski definition) is 2. The summed E-state index contributed by atoms with van der Waals surface area (Å²) >= 11 is 0. The molecule has 2 saturated carbocycles. The summed E-state index contributed by atoms with van der Waals surface area (Å²) in [6, 6.07) is 0.838. The molecule has 0 amide bonds. The molecule has 0 heterocycles. The lowest BCUT2D eigenvalue weighted by Crippen LogP contribution is -2.24. The van der Waals surface area contributed by atoms with Crippen LogP contribution in [-0.2, 0) is 4.74 Å². The number of ether oxygens (including phenoxy) is 1. The van der Waals surface area contributed by atoms with Gasteiger partial charge in [0.15, 0.2) is 0 Å². The molecule has 0 spiro atoms. The van der Waals surface area contributed by atoms with Gasteiger partial charge in [-0.25, -0.2) is 0 Å². The van der Waals surface area contributed by atoms with Crippen molar-refractivity contribution in [2.45, 2.75) is 70.4 Å². The van der Waals surface area contributed by atoms with Crippen molar-refractivity contribution in [3.05, 3.63) is 0 Å². The maximum absolute atomic E-state index is 5.94. The van der Waals surface area contributed by atoms with Crippen LogP contribution < -0.4 is 5.32 Å². The van der Waals surface area contributed by atoms with E-state index >= 15 is 0 Å². The van der Waals surface area contributed by atoms with Crippen molar-refractivity contribution >= 4 is 0 Å². The molecule has 0 aromatic heterocycles. The number of nitrogens with one attached hydrogen (secondary N) is 1. The van der Waals surface area contributed by atoms with Crippen molar-refractivity contribution in [1.82, 2.24) is 5.32 Å². The lowest BCUT2D eigenvalue weighted by molar-refractivity contribution is 0.0269. The van der Waals surface area contributed by atoms with Crippen molar-refractivity contribution < 1.29 is 4.74 Å². The molecule has 0 saturated heterocycles. The molecule has 2 heteroatoms. The van der Waals surface area contributed by atoms with Crippen LogP contribution in [0.1, 0.15) is 58.3 Å². The van der Waals surface area contributed by atoms with Crippen molar-refractivity contribution in [1.29, 1.82) is 0 Å². The molecule has 2 nitrogen and oxygen atoms in total. The van der Waals surface area contributed by atoms with E-state index in [9.17, 15) is 0 Å². The van der Waals surface area contributed by atoms with Gasteiger partial charge < -0.3 is 10.1 Å². The Morgan fingerprint density at radius 3 is 2.56 bits per heavy atom. The Balaban J connectivity index is 1.46. The van der Waals surface area contributed by atoms with Gasteiger partial charge in [0.05, 0.1) is 6.10 Å². The van der Waals surface area contributed by atoms with Crippen LogP contribution in [0, 0.1) is 5.92 Å². The van der Waals surface area contributed by atoms with Gasteiger partial charge in [-0.15, -0.1) is 0 Å². The lowest BCUT2D eigenvalue weighted by atomic mass is 9.90. The quantitative estimate of drug-likeness (QED) is 0.719. The summed E-state index contributed by atoms with van der Waals surface area (Å²) in [7, 11) is 0. The van der Waals surface area contributed by atoms with Gasteiger partial charge in [-0.2, -0.15) is 0 Å². The van der Waals surface area contributed by atoms with E-state index in [1.807, 2.05) is 0 Å². The van der Waals surface area contributed by atoms with Gasteiger partial charge >= 0.3 is 0 Å². The predicted octanol–water partition coefficient (Wildman–Crippen LogP) is 3.11. The Kier molecular flexibility index (Phi) is 5.11. The van der Waals surface area contributed by atoms with Gasteiger partial charge in [0, 0.05) is 12.6 Å². The minimum absolute atomic E-state index is 0.438. The van der Waals surface area contributed by atoms with Gasteiger partial charge in [-0.3, -0.25) is 0 Å². The van der Waals surface area contributed by atoms with Gasteiger partial charge in [0.25, 0.3) is 0 Å². The molecule has 2 aliphatic carbocycles. The maximum atomic E-state index is 5.94. The highest BCUT2D eigenvalue weighted by atomic mass is 16.5. The van der Waals surface area contributed by atoms with Crippen LogP contribution >= 0.6 is 0 Å². The van der Waals surface area contributed by atoms with Gasteiger partial charge in [-0.05, 0) is 51.5 Å². The van der Waals surface area contributed by atoms with Crippen LogP contribution in [0.15, 0.2) is 0 Å². The van der Waals surface area contributed by atoms with Crippen molar-refractivity contribution in [3.63, 3.8) is 0 Å². The van der Waals surface area contributed by atoms with Gasteiger partial charge in [-0.1, -0.05) is 19.3 Å². The third-order valence-corrected chi connectivity index (χ3v) is 3.90. The third-order valence-electron chi connectivity index (χ3n) is 3.90. The van der Waals surface area contributed by atoms with Crippen molar-refractivity contribution in [2.24, 2.45) is 5.92 Å². The van der Waals surface area contributed by atoms with E-state index in [1.54, 1.807) is 0 Å². The average Bonchev–Trinajstić information content (AvgIpc) is 3.12. The molecule has 0 aliphatic heterocycles. The number of rotatable bonds is 7. The Morgan fingerprint density at radius 2 is 1.88 bits per heavy atom. The molecular weight excluding hydrogens is 198 g/mol.